The third kappa shape index (κ3) is 3.75. The van der Waals surface area contributed by atoms with Gasteiger partial charge in [0.25, 0.3) is 11.8 Å². The number of rotatable bonds is 6. The molecule has 0 N–H and O–H groups in total. The molecule has 1 atom stereocenters. The van der Waals surface area contributed by atoms with E-state index in [1.54, 1.807) is 41.3 Å². The third-order valence-electron chi connectivity index (χ3n) is 7.40. The van der Waals surface area contributed by atoms with Crippen molar-refractivity contribution >= 4 is 56.7 Å². The molecule has 0 aliphatic carbocycles. The number of amides is 2. The second-order valence-electron chi connectivity index (χ2n) is 9.87. The van der Waals surface area contributed by atoms with Crippen LogP contribution in [0.5, 0.6) is 0 Å². The number of thioether (sulfide) groups is 1. The van der Waals surface area contributed by atoms with Crippen LogP contribution in [0.3, 0.4) is 0 Å². The maximum Gasteiger partial charge on any atom is 0.297 e. The van der Waals surface area contributed by atoms with Crippen molar-refractivity contribution in [1.29, 1.82) is 0 Å². The van der Waals surface area contributed by atoms with Crippen LogP contribution in [0.2, 0.25) is 0 Å². The summed E-state index contributed by atoms with van der Waals surface area (Å²) >= 11 is 2.43. The van der Waals surface area contributed by atoms with Crippen molar-refractivity contribution in [3.8, 4) is 0 Å². The average Bonchev–Trinajstić information content (AvgIpc) is 3.63. The molecule has 7 rings (SSSR count). The van der Waals surface area contributed by atoms with Gasteiger partial charge in [-0.05, 0) is 48.4 Å². The van der Waals surface area contributed by atoms with Crippen LogP contribution in [-0.2, 0) is 16.1 Å². The fourth-order valence-corrected chi connectivity index (χ4v) is 7.51. The molecule has 0 radical (unpaired) electrons. The Balaban J connectivity index is 1.43. The van der Waals surface area contributed by atoms with Gasteiger partial charge < -0.3 is 9.32 Å². The smallest absolute Gasteiger partial charge is 0.297 e. The van der Waals surface area contributed by atoms with E-state index in [4.69, 9.17) is 4.42 Å². The Hall–Kier alpha value is -4.42. The quantitative estimate of drug-likeness (QED) is 0.177. The van der Waals surface area contributed by atoms with Crippen molar-refractivity contribution in [3.05, 3.63) is 111 Å². The first-order chi connectivity index (χ1) is 20.3. The van der Waals surface area contributed by atoms with Gasteiger partial charge in [0, 0.05) is 17.9 Å². The Kier molecular flexibility index (Phi) is 6.21. The first-order valence-electron chi connectivity index (χ1n) is 13.1. The predicted octanol–water partition coefficient (Wildman–Crippen LogP) is 5.88. The minimum absolute atomic E-state index is 0.0300. The number of carbonyl (C=O) groups excluding carboxylic acids is 2. The summed E-state index contributed by atoms with van der Waals surface area (Å²) in [6, 6.07) is 16.5. The molecule has 5 aromatic rings. The zero-order chi connectivity index (χ0) is 29.2. The molecule has 2 aromatic heterocycles. The van der Waals surface area contributed by atoms with Gasteiger partial charge in [-0.25, -0.2) is 8.78 Å². The number of carbonyl (C=O) groups is 2. The average molecular weight is 603 g/mol. The van der Waals surface area contributed by atoms with Crippen LogP contribution < -0.4 is 15.2 Å². The van der Waals surface area contributed by atoms with Crippen molar-refractivity contribution in [2.75, 3.05) is 16.3 Å². The van der Waals surface area contributed by atoms with Crippen LogP contribution in [0, 0.1) is 11.6 Å². The van der Waals surface area contributed by atoms with Gasteiger partial charge in [-0.3, -0.25) is 19.3 Å². The topological polar surface area (TPSA) is 96.6 Å². The van der Waals surface area contributed by atoms with E-state index in [-0.39, 0.29) is 33.2 Å². The normalized spacial score (nSPS) is 17.5. The first-order valence-corrected chi connectivity index (χ1v) is 14.9. The molecule has 1 spiro atoms. The van der Waals surface area contributed by atoms with Gasteiger partial charge in [0.05, 0.1) is 16.6 Å². The summed E-state index contributed by atoms with van der Waals surface area (Å²) in [6.07, 6.45) is 0.622. The molecule has 2 amide bonds. The number of aromatic nitrogens is 2. The van der Waals surface area contributed by atoms with E-state index < -0.39 is 28.6 Å². The number of hydrogen-bond acceptors (Lipinski definition) is 8. The molecule has 42 heavy (non-hydrogen) atoms. The molecular weight excluding hydrogens is 582 g/mol. The van der Waals surface area contributed by atoms with E-state index in [1.807, 2.05) is 6.92 Å². The summed E-state index contributed by atoms with van der Waals surface area (Å²) in [4.78, 5) is 45.7. The molecule has 1 unspecified atom stereocenters. The molecular formula is C30H20F2N4O4S2. The summed E-state index contributed by atoms with van der Waals surface area (Å²) in [7, 11) is 0. The molecule has 0 saturated carbocycles. The number of para-hydroxylation sites is 1. The number of halogens is 2. The molecule has 210 valence electrons. The zero-order valence-electron chi connectivity index (χ0n) is 22.0. The van der Waals surface area contributed by atoms with Gasteiger partial charge in [-0.2, -0.15) is 0 Å². The maximum atomic E-state index is 14.6. The second kappa shape index (κ2) is 9.85. The first kappa shape index (κ1) is 26.5. The van der Waals surface area contributed by atoms with Crippen LogP contribution >= 0.6 is 23.1 Å². The van der Waals surface area contributed by atoms with Crippen molar-refractivity contribution in [2.45, 2.75) is 29.0 Å². The monoisotopic (exact) mass is 602 g/mol. The van der Waals surface area contributed by atoms with E-state index >= 15 is 0 Å². The highest BCUT2D eigenvalue weighted by Crippen LogP contribution is 2.54. The van der Waals surface area contributed by atoms with Crippen molar-refractivity contribution in [3.63, 3.8) is 0 Å². The highest BCUT2D eigenvalue weighted by molar-refractivity contribution is 8.00. The lowest BCUT2D eigenvalue weighted by molar-refractivity contribution is -0.121. The van der Waals surface area contributed by atoms with E-state index in [9.17, 15) is 23.2 Å². The molecule has 3 aromatic carbocycles. The Morgan fingerprint density at radius 3 is 2.52 bits per heavy atom. The highest BCUT2D eigenvalue weighted by Gasteiger charge is 2.66. The Morgan fingerprint density at radius 1 is 0.976 bits per heavy atom. The SMILES string of the molecule is CCCN1C(=O)C2(c3ccccc31)c1c(oc3ccc(F)cc3c1=O)C(=O)N2c1nnc(SCc2ccc(F)cc2)s1. The molecule has 0 fully saturated rings. The second-order valence-corrected chi connectivity index (χ2v) is 12.0. The van der Waals surface area contributed by atoms with Gasteiger partial charge in [0.1, 0.15) is 17.2 Å². The van der Waals surface area contributed by atoms with Gasteiger partial charge in [-0.15, -0.1) is 10.2 Å². The molecule has 2 aliphatic heterocycles. The van der Waals surface area contributed by atoms with Crippen LogP contribution in [0.15, 0.2) is 80.3 Å². The number of anilines is 2. The summed E-state index contributed by atoms with van der Waals surface area (Å²) in [5, 5.41) is 8.56. The fraction of sp³-hybridized carbons (Fsp3) is 0.167. The molecule has 4 heterocycles. The van der Waals surface area contributed by atoms with Gasteiger partial charge in [-0.1, -0.05) is 60.4 Å². The number of hydrogen-bond donors (Lipinski definition) is 0. The van der Waals surface area contributed by atoms with Crippen LogP contribution in [0.1, 0.15) is 40.6 Å². The Morgan fingerprint density at radius 2 is 1.74 bits per heavy atom. The fourth-order valence-electron chi connectivity index (χ4n) is 5.66. The molecule has 2 aliphatic rings. The van der Waals surface area contributed by atoms with Crippen molar-refractivity contribution in [2.24, 2.45) is 0 Å². The van der Waals surface area contributed by atoms with E-state index in [1.165, 1.54) is 34.9 Å². The summed E-state index contributed by atoms with van der Waals surface area (Å²) in [5.74, 6) is -2.04. The molecule has 8 nitrogen and oxygen atoms in total. The summed E-state index contributed by atoms with van der Waals surface area (Å²) in [5.41, 5.74) is -0.877. The lowest BCUT2D eigenvalue weighted by Crippen LogP contribution is -2.53. The molecule has 12 heteroatoms. The van der Waals surface area contributed by atoms with E-state index in [0.29, 0.717) is 34.3 Å². The van der Waals surface area contributed by atoms with Crippen LogP contribution in [-0.4, -0.2) is 28.6 Å². The molecule has 0 bridgehead atoms. The van der Waals surface area contributed by atoms with E-state index in [0.717, 1.165) is 29.0 Å². The van der Waals surface area contributed by atoms with E-state index in [2.05, 4.69) is 10.2 Å². The minimum atomic E-state index is -1.92. The summed E-state index contributed by atoms with van der Waals surface area (Å²) in [6.45, 7) is 2.27. The van der Waals surface area contributed by atoms with Gasteiger partial charge >= 0.3 is 0 Å². The van der Waals surface area contributed by atoms with Crippen molar-refractivity contribution in [1.82, 2.24) is 10.2 Å². The largest absolute Gasteiger partial charge is 0.450 e. The number of nitrogens with zero attached hydrogens (tertiary/aromatic N) is 4. The van der Waals surface area contributed by atoms with Crippen molar-refractivity contribution < 1.29 is 22.8 Å². The number of benzene rings is 3. The zero-order valence-corrected chi connectivity index (χ0v) is 23.6. The van der Waals surface area contributed by atoms with Crippen LogP contribution in [0.4, 0.5) is 19.6 Å². The Bertz CT molecular complexity index is 1980. The minimum Gasteiger partial charge on any atom is -0.450 e. The standard InChI is InChI=1S/C30H20F2N4O4S2/c1-2-13-35-21-6-4-3-5-20(21)30(27(35)39)23-24(37)19-14-18(32)11-12-22(19)40-25(23)26(38)36(30)28-33-34-29(42-28)41-15-16-7-9-17(31)10-8-16/h3-12,14H,2,13,15H2,1H3. The van der Waals surface area contributed by atoms with Crippen LogP contribution in [0.25, 0.3) is 11.0 Å². The predicted molar refractivity (Wildman–Crippen MR) is 155 cm³/mol. The lowest BCUT2D eigenvalue weighted by atomic mass is 9.84. The summed E-state index contributed by atoms with van der Waals surface area (Å²) < 4.78 is 34.1. The number of fused-ring (bicyclic) bond motifs is 5. The van der Waals surface area contributed by atoms with Gasteiger partial charge in [0.2, 0.25) is 10.9 Å². The maximum absolute atomic E-state index is 14.6. The highest BCUT2D eigenvalue weighted by atomic mass is 32.2. The van der Waals surface area contributed by atoms with Gasteiger partial charge in [0.15, 0.2) is 15.3 Å². The Labute approximate surface area is 245 Å². The lowest BCUT2D eigenvalue weighted by Gasteiger charge is -2.32. The third-order valence-corrected chi connectivity index (χ3v) is 9.51. The molecule has 0 saturated heterocycles.